The molecule has 0 fully saturated rings. The third kappa shape index (κ3) is 7.70. The van der Waals surface area contributed by atoms with Crippen LogP contribution < -0.4 is 9.62 Å². The van der Waals surface area contributed by atoms with E-state index in [0.29, 0.717) is 6.42 Å². The molecule has 0 aromatic heterocycles. The fourth-order valence-electron chi connectivity index (χ4n) is 3.29. The number of amides is 2. The number of hydrogen-bond donors (Lipinski definition) is 1. The van der Waals surface area contributed by atoms with Crippen LogP contribution in [0.1, 0.15) is 32.8 Å². The van der Waals surface area contributed by atoms with Crippen molar-refractivity contribution < 1.29 is 22.4 Å². The topological polar surface area (TPSA) is 86.8 Å². The van der Waals surface area contributed by atoms with Crippen molar-refractivity contribution in [3.8, 4) is 0 Å². The van der Waals surface area contributed by atoms with Crippen LogP contribution in [0.15, 0.2) is 48.5 Å². The highest BCUT2D eigenvalue weighted by molar-refractivity contribution is 7.92. The van der Waals surface area contributed by atoms with Crippen molar-refractivity contribution in [2.24, 2.45) is 0 Å². The quantitative estimate of drug-likeness (QED) is 0.499. The number of hydrogen-bond acceptors (Lipinski definition) is 4. The van der Waals surface area contributed by atoms with Gasteiger partial charge in [-0.3, -0.25) is 13.9 Å². The predicted molar refractivity (Wildman–Crippen MR) is 133 cm³/mol. The number of anilines is 1. The summed E-state index contributed by atoms with van der Waals surface area (Å²) in [5.41, 5.74) is 1.03. The van der Waals surface area contributed by atoms with Crippen molar-refractivity contribution in [3.63, 3.8) is 0 Å². The average molecular weight is 512 g/mol. The zero-order valence-electron chi connectivity index (χ0n) is 19.8. The Hall–Kier alpha value is -2.65. The normalized spacial score (nSPS) is 13.1. The Balaban J connectivity index is 2.33. The molecular weight excluding hydrogens is 481 g/mol. The minimum absolute atomic E-state index is 0.0574. The molecule has 2 atom stereocenters. The van der Waals surface area contributed by atoms with E-state index in [0.717, 1.165) is 34.7 Å². The van der Waals surface area contributed by atoms with E-state index in [4.69, 9.17) is 11.6 Å². The van der Waals surface area contributed by atoms with Gasteiger partial charge < -0.3 is 10.2 Å². The van der Waals surface area contributed by atoms with Crippen LogP contribution in [-0.4, -0.2) is 56.6 Å². The summed E-state index contributed by atoms with van der Waals surface area (Å²) < 4.78 is 39.5. The number of benzene rings is 2. The molecule has 10 heteroatoms. The zero-order chi connectivity index (χ0) is 25.5. The first-order valence-electron chi connectivity index (χ1n) is 11.0. The molecule has 0 unspecified atom stereocenters. The van der Waals surface area contributed by atoms with Crippen LogP contribution in [0.4, 0.5) is 10.1 Å². The van der Waals surface area contributed by atoms with Gasteiger partial charge in [-0.25, -0.2) is 12.8 Å². The lowest BCUT2D eigenvalue weighted by Crippen LogP contribution is -2.53. The molecule has 2 amide bonds. The van der Waals surface area contributed by atoms with Gasteiger partial charge in [-0.1, -0.05) is 48.9 Å². The molecule has 186 valence electrons. The molecule has 0 radical (unpaired) electrons. The van der Waals surface area contributed by atoms with Crippen molar-refractivity contribution in [2.75, 3.05) is 23.7 Å². The maximum atomic E-state index is 13.6. The summed E-state index contributed by atoms with van der Waals surface area (Å²) in [6, 6.07) is 12.0. The minimum Gasteiger partial charge on any atom is -0.352 e. The van der Waals surface area contributed by atoms with Gasteiger partial charge >= 0.3 is 0 Å². The summed E-state index contributed by atoms with van der Waals surface area (Å²) >= 11 is 5.83. The molecule has 2 aromatic carbocycles. The van der Waals surface area contributed by atoms with E-state index >= 15 is 0 Å². The van der Waals surface area contributed by atoms with Gasteiger partial charge in [0, 0.05) is 12.6 Å². The van der Waals surface area contributed by atoms with E-state index in [1.54, 1.807) is 6.92 Å². The van der Waals surface area contributed by atoms with E-state index in [1.807, 2.05) is 44.2 Å². The third-order valence-electron chi connectivity index (χ3n) is 5.52. The molecule has 0 bridgehead atoms. The van der Waals surface area contributed by atoms with Crippen molar-refractivity contribution >= 4 is 39.1 Å². The summed E-state index contributed by atoms with van der Waals surface area (Å²) in [7, 11) is -3.91. The second kappa shape index (κ2) is 12.2. The summed E-state index contributed by atoms with van der Waals surface area (Å²) in [5, 5.41) is 2.60. The van der Waals surface area contributed by atoms with Crippen LogP contribution in [0.25, 0.3) is 0 Å². The van der Waals surface area contributed by atoms with E-state index in [-0.39, 0.29) is 29.2 Å². The summed E-state index contributed by atoms with van der Waals surface area (Å²) in [6.45, 7) is 5.06. The molecular formula is C24H31ClFN3O4S. The van der Waals surface area contributed by atoms with E-state index in [2.05, 4.69) is 5.32 Å². The third-order valence-corrected chi connectivity index (χ3v) is 6.95. The predicted octanol–water partition coefficient (Wildman–Crippen LogP) is 3.62. The summed E-state index contributed by atoms with van der Waals surface area (Å²) in [4.78, 5) is 27.6. The molecule has 0 aliphatic heterocycles. The fraction of sp³-hybridized carbons (Fsp3) is 0.417. The molecule has 0 spiro atoms. The molecule has 34 heavy (non-hydrogen) atoms. The van der Waals surface area contributed by atoms with Gasteiger partial charge in [0.25, 0.3) is 0 Å². The van der Waals surface area contributed by atoms with Crippen LogP contribution in [0.2, 0.25) is 5.02 Å². The molecule has 2 aromatic rings. The zero-order valence-corrected chi connectivity index (χ0v) is 21.4. The number of nitrogens with zero attached hydrogens (tertiary/aromatic N) is 2. The van der Waals surface area contributed by atoms with Crippen LogP contribution in [0.3, 0.4) is 0 Å². The fourth-order valence-corrected chi connectivity index (χ4v) is 4.31. The monoisotopic (exact) mass is 511 g/mol. The molecule has 0 aliphatic rings. The van der Waals surface area contributed by atoms with E-state index < -0.39 is 34.3 Å². The van der Waals surface area contributed by atoms with Crippen molar-refractivity contribution in [1.82, 2.24) is 10.2 Å². The van der Waals surface area contributed by atoms with Gasteiger partial charge in [0.2, 0.25) is 21.8 Å². The lowest BCUT2D eigenvalue weighted by Gasteiger charge is -2.32. The smallest absolute Gasteiger partial charge is 0.244 e. The van der Waals surface area contributed by atoms with Gasteiger partial charge in [0.15, 0.2) is 0 Å². The molecule has 0 saturated heterocycles. The molecule has 2 rings (SSSR count). The van der Waals surface area contributed by atoms with Gasteiger partial charge in [0.1, 0.15) is 18.4 Å². The van der Waals surface area contributed by atoms with Crippen molar-refractivity contribution in [2.45, 2.75) is 45.7 Å². The Morgan fingerprint density at radius 3 is 2.32 bits per heavy atom. The first-order valence-corrected chi connectivity index (χ1v) is 13.2. The van der Waals surface area contributed by atoms with Crippen LogP contribution >= 0.6 is 11.6 Å². The summed E-state index contributed by atoms with van der Waals surface area (Å²) in [5.74, 6) is -1.59. The molecule has 0 aliphatic carbocycles. The lowest BCUT2D eigenvalue weighted by molar-refractivity contribution is -0.139. The number of sulfonamides is 1. The van der Waals surface area contributed by atoms with Gasteiger partial charge in [-0.15, -0.1) is 0 Å². The highest BCUT2D eigenvalue weighted by Gasteiger charge is 2.30. The highest BCUT2D eigenvalue weighted by atomic mass is 35.5. The first-order chi connectivity index (χ1) is 15.9. The minimum atomic E-state index is -3.91. The van der Waals surface area contributed by atoms with Crippen LogP contribution in [-0.2, 0) is 26.0 Å². The SMILES string of the molecule is CC[C@@H](C)NC(=O)[C@H](C)N(CCc1ccccc1)C(=O)CN(c1ccc(F)c(Cl)c1)S(C)(=O)=O. The second-order valence-corrected chi connectivity index (χ2v) is 10.5. The Morgan fingerprint density at radius 1 is 1.12 bits per heavy atom. The standard InChI is InChI=1S/C24H31ClFN3O4S/c1-5-17(2)27-24(31)18(3)28(14-13-19-9-7-6-8-10-19)23(30)16-29(34(4,32)33)20-11-12-22(26)21(25)15-20/h6-12,15,17-18H,5,13-14,16H2,1-4H3,(H,27,31)/t17-,18+/m1/s1. The largest absolute Gasteiger partial charge is 0.352 e. The average Bonchev–Trinajstić information content (AvgIpc) is 2.79. The van der Waals surface area contributed by atoms with E-state index in [9.17, 15) is 22.4 Å². The Bertz CT molecular complexity index is 1100. The van der Waals surface area contributed by atoms with Crippen molar-refractivity contribution in [3.05, 3.63) is 64.9 Å². The van der Waals surface area contributed by atoms with Gasteiger partial charge in [0.05, 0.1) is 17.0 Å². The van der Waals surface area contributed by atoms with Crippen molar-refractivity contribution in [1.29, 1.82) is 0 Å². The maximum absolute atomic E-state index is 13.6. The second-order valence-electron chi connectivity index (χ2n) is 8.18. The molecule has 0 saturated carbocycles. The number of halogens is 2. The number of carbonyl (C=O) groups excluding carboxylic acids is 2. The number of nitrogens with one attached hydrogen (secondary N) is 1. The maximum Gasteiger partial charge on any atom is 0.244 e. The first kappa shape index (κ1) is 27.6. The lowest BCUT2D eigenvalue weighted by atomic mass is 10.1. The summed E-state index contributed by atoms with van der Waals surface area (Å²) in [6.07, 6.45) is 2.16. The Kier molecular flexibility index (Phi) is 9.88. The highest BCUT2D eigenvalue weighted by Crippen LogP contribution is 2.24. The van der Waals surface area contributed by atoms with Gasteiger partial charge in [-0.05, 0) is 50.5 Å². The Morgan fingerprint density at radius 2 is 1.76 bits per heavy atom. The molecule has 0 heterocycles. The Labute approximate surface area is 205 Å². The van der Waals surface area contributed by atoms with E-state index in [1.165, 1.54) is 11.0 Å². The molecule has 1 N–H and O–H groups in total. The number of rotatable bonds is 11. The molecule has 7 nitrogen and oxygen atoms in total. The van der Waals surface area contributed by atoms with Crippen LogP contribution in [0, 0.1) is 5.82 Å². The van der Waals surface area contributed by atoms with Crippen LogP contribution in [0.5, 0.6) is 0 Å². The van der Waals surface area contributed by atoms with Gasteiger partial charge in [-0.2, -0.15) is 0 Å². The number of carbonyl (C=O) groups is 2.